The molecule has 0 unspecified atom stereocenters. The molecule has 33 heavy (non-hydrogen) atoms. The average Bonchev–Trinajstić information content (AvgIpc) is 3.28. The summed E-state index contributed by atoms with van der Waals surface area (Å²) in [6.07, 6.45) is 2.91. The van der Waals surface area contributed by atoms with Gasteiger partial charge in [0.25, 0.3) is 0 Å². The number of unbranched alkanes of at least 4 members (excludes halogenated alkanes) is 3. The van der Waals surface area contributed by atoms with Gasteiger partial charge in [-0.25, -0.2) is 0 Å². The van der Waals surface area contributed by atoms with E-state index >= 15 is 0 Å². The first-order valence-corrected chi connectivity index (χ1v) is 11.7. The van der Waals surface area contributed by atoms with Crippen molar-refractivity contribution in [2.75, 3.05) is 60.2 Å². The summed E-state index contributed by atoms with van der Waals surface area (Å²) >= 11 is 0. The molecule has 3 rings (SSSR count). The van der Waals surface area contributed by atoms with Crippen LogP contribution in [0.1, 0.15) is 44.1 Å². The molecule has 0 amide bonds. The Balaban J connectivity index is 0.000000266. The quantitative estimate of drug-likeness (QED) is 0.402. The van der Waals surface area contributed by atoms with Crippen molar-refractivity contribution < 1.29 is 32.2 Å². The Bertz CT molecular complexity index is 639. The number of hydrogen-bond donors (Lipinski definition) is 1. The number of nitrogens with zero attached hydrogens (tertiary/aromatic N) is 1. The second-order valence-electron chi connectivity index (χ2n) is 8.03. The van der Waals surface area contributed by atoms with E-state index in [1.165, 1.54) is 31.5 Å². The summed E-state index contributed by atoms with van der Waals surface area (Å²) in [5.41, 5.74) is 1.28. The minimum Gasteiger partial charge on any atom is -0.486 e. The molecule has 0 aromatic heterocycles. The van der Waals surface area contributed by atoms with Gasteiger partial charge in [-0.3, -0.25) is 0 Å². The van der Waals surface area contributed by atoms with E-state index < -0.39 is 12.8 Å². The van der Waals surface area contributed by atoms with Crippen molar-refractivity contribution >= 4 is 6.29 Å². The number of likely N-dealkylation sites (tertiary alicyclic amines) is 1. The predicted octanol–water partition coefficient (Wildman–Crippen LogP) is 4.26. The first kappa shape index (κ1) is 29.2. The first-order chi connectivity index (χ1) is 15.9. The molecule has 1 aromatic carbocycles. The molecule has 2 heterocycles. The lowest BCUT2D eigenvalue weighted by molar-refractivity contribution is -0.174. The van der Waals surface area contributed by atoms with Gasteiger partial charge >= 0.3 is 6.18 Å². The maximum Gasteiger partial charge on any atom is 0.411 e. The van der Waals surface area contributed by atoms with Gasteiger partial charge in [-0.2, -0.15) is 13.2 Å². The molecule has 0 aliphatic carbocycles. The summed E-state index contributed by atoms with van der Waals surface area (Å²) < 4.78 is 49.8. The number of benzene rings is 1. The highest BCUT2D eigenvalue weighted by molar-refractivity contribution is 5.48. The number of halogens is 3. The third-order valence-corrected chi connectivity index (χ3v) is 4.98. The lowest BCUT2D eigenvalue weighted by Crippen LogP contribution is -2.17. The van der Waals surface area contributed by atoms with Crippen LogP contribution in [0.15, 0.2) is 18.2 Å². The smallest absolute Gasteiger partial charge is 0.411 e. The van der Waals surface area contributed by atoms with Crippen molar-refractivity contribution in [1.82, 2.24) is 10.2 Å². The van der Waals surface area contributed by atoms with E-state index in [9.17, 15) is 18.0 Å². The van der Waals surface area contributed by atoms with Crippen LogP contribution in [0.5, 0.6) is 11.5 Å². The summed E-state index contributed by atoms with van der Waals surface area (Å²) in [4.78, 5) is 12.2. The highest BCUT2D eigenvalue weighted by Gasteiger charge is 2.27. The molecule has 1 fully saturated rings. The highest BCUT2D eigenvalue weighted by atomic mass is 19.4. The molecule has 0 bridgehead atoms. The molecular formula is C24H39F3N2O4. The molecule has 1 saturated heterocycles. The minimum atomic E-state index is -4.23. The Morgan fingerprint density at radius 2 is 1.79 bits per heavy atom. The molecule has 2 aliphatic rings. The summed E-state index contributed by atoms with van der Waals surface area (Å²) in [5, 5.41) is 3.12. The molecule has 0 radical (unpaired) electrons. The van der Waals surface area contributed by atoms with Gasteiger partial charge in [0.2, 0.25) is 0 Å². The number of carbonyl (C=O) groups excluding carboxylic acids is 1. The normalized spacial score (nSPS) is 15.2. The van der Waals surface area contributed by atoms with Crippen molar-refractivity contribution in [2.24, 2.45) is 0 Å². The van der Waals surface area contributed by atoms with Crippen LogP contribution in [0.2, 0.25) is 0 Å². The maximum atomic E-state index is 11.5. The van der Waals surface area contributed by atoms with Crippen LogP contribution >= 0.6 is 0 Å². The van der Waals surface area contributed by atoms with Crippen molar-refractivity contribution in [3.63, 3.8) is 0 Å². The fourth-order valence-corrected chi connectivity index (χ4v) is 3.18. The van der Waals surface area contributed by atoms with Crippen LogP contribution in [-0.4, -0.2) is 77.5 Å². The maximum absolute atomic E-state index is 11.5. The number of likely N-dealkylation sites (N-methyl/N-ethyl adjacent to an activating group) is 1. The molecule has 0 spiro atoms. The number of fused-ring (bicyclic) bond motifs is 1. The van der Waals surface area contributed by atoms with E-state index in [1.807, 2.05) is 13.1 Å². The number of nitrogens with one attached hydrogen (secondary N) is 1. The molecular weight excluding hydrogens is 437 g/mol. The molecule has 6 nitrogen and oxygen atoms in total. The second kappa shape index (κ2) is 17.6. The highest BCUT2D eigenvalue weighted by Crippen LogP contribution is 2.30. The average molecular weight is 477 g/mol. The zero-order chi connectivity index (χ0) is 24.4. The second-order valence-corrected chi connectivity index (χ2v) is 8.03. The van der Waals surface area contributed by atoms with Gasteiger partial charge in [-0.05, 0) is 83.5 Å². The largest absolute Gasteiger partial charge is 0.486 e. The Morgan fingerprint density at radius 3 is 2.36 bits per heavy atom. The van der Waals surface area contributed by atoms with Gasteiger partial charge in [0, 0.05) is 13.0 Å². The number of hydrogen-bond acceptors (Lipinski definition) is 6. The van der Waals surface area contributed by atoms with Gasteiger partial charge in [0.1, 0.15) is 26.1 Å². The first-order valence-electron chi connectivity index (χ1n) is 11.7. The molecule has 0 saturated carbocycles. The van der Waals surface area contributed by atoms with Gasteiger partial charge in [0.15, 0.2) is 11.5 Å². The van der Waals surface area contributed by atoms with E-state index in [1.54, 1.807) is 0 Å². The Labute approximate surface area is 195 Å². The zero-order valence-electron chi connectivity index (χ0n) is 19.9. The monoisotopic (exact) mass is 476 g/mol. The third kappa shape index (κ3) is 15.6. The van der Waals surface area contributed by atoms with Crippen molar-refractivity contribution in [1.29, 1.82) is 0 Å². The topological polar surface area (TPSA) is 60.0 Å². The van der Waals surface area contributed by atoms with Gasteiger partial charge in [0.05, 0.1) is 0 Å². The minimum absolute atomic E-state index is 0.109. The predicted molar refractivity (Wildman–Crippen MR) is 123 cm³/mol. The van der Waals surface area contributed by atoms with Crippen LogP contribution in [0.25, 0.3) is 0 Å². The van der Waals surface area contributed by atoms with Crippen molar-refractivity contribution in [3.05, 3.63) is 23.8 Å². The Morgan fingerprint density at radius 1 is 1.09 bits per heavy atom. The van der Waals surface area contributed by atoms with Gasteiger partial charge in [-0.15, -0.1) is 0 Å². The fourth-order valence-electron chi connectivity index (χ4n) is 3.18. The molecule has 9 heteroatoms. The molecule has 1 aromatic rings. The third-order valence-electron chi connectivity index (χ3n) is 4.98. The number of carbonyl (C=O) groups is 1. The fraction of sp³-hybridized carbons (Fsp3) is 0.708. The lowest BCUT2D eigenvalue weighted by atomic mass is 10.1. The molecule has 1 N–H and O–H groups in total. The molecule has 0 atom stereocenters. The molecule has 190 valence electrons. The van der Waals surface area contributed by atoms with E-state index in [-0.39, 0.29) is 6.61 Å². The van der Waals surface area contributed by atoms with E-state index in [2.05, 4.69) is 34.1 Å². The van der Waals surface area contributed by atoms with Crippen molar-refractivity contribution in [2.45, 2.75) is 51.1 Å². The number of rotatable bonds is 10. The summed E-state index contributed by atoms with van der Waals surface area (Å²) in [6, 6.07) is 6.14. The lowest BCUT2D eigenvalue weighted by Gasteiger charge is -2.18. The number of aldehydes is 1. The Kier molecular flexibility index (Phi) is 15.6. The van der Waals surface area contributed by atoms with Crippen LogP contribution in [0.4, 0.5) is 13.2 Å². The summed E-state index contributed by atoms with van der Waals surface area (Å²) in [7, 11) is 4.13. The van der Waals surface area contributed by atoms with Gasteiger partial charge < -0.3 is 29.2 Å². The Hall–Kier alpha value is -1.84. The van der Waals surface area contributed by atoms with Gasteiger partial charge in [-0.1, -0.05) is 12.5 Å². The van der Waals surface area contributed by atoms with Crippen LogP contribution in [0, 0.1) is 0 Å². The van der Waals surface area contributed by atoms with E-state index in [0.717, 1.165) is 43.6 Å². The van der Waals surface area contributed by atoms with Crippen LogP contribution in [0.3, 0.4) is 0 Å². The SMILES string of the molecule is CN1CCCC1.CNCCc1ccc2c(c1)OCCO2.O=CCCCCCOCC(F)(F)F. The number of ether oxygens (including phenoxy) is 3. The number of alkyl halides is 3. The molecule has 2 aliphatic heterocycles. The van der Waals surface area contributed by atoms with E-state index in [4.69, 9.17) is 9.47 Å². The summed E-state index contributed by atoms with van der Waals surface area (Å²) in [5.74, 6) is 1.74. The zero-order valence-corrected chi connectivity index (χ0v) is 19.9. The van der Waals surface area contributed by atoms with Crippen LogP contribution < -0.4 is 14.8 Å². The van der Waals surface area contributed by atoms with Crippen LogP contribution in [-0.2, 0) is 16.0 Å². The van der Waals surface area contributed by atoms with Crippen molar-refractivity contribution in [3.8, 4) is 11.5 Å². The summed E-state index contributed by atoms with van der Waals surface area (Å²) in [6.45, 7) is 3.87. The van der Waals surface area contributed by atoms with E-state index in [0.29, 0.717) is 26.1 Å². The standard InChI is InChI=1S/C11H15NO2.C8H13F3O2.C5H11N/c1-12-5-4-9-2-3-10-11(8-9)14-7-6-13-10;9-8(10,11)7-13-6-4-2-1-3-5-12;1-6-4-2-3-5-6/h2-3,8,12H,4-7H2,1H3;5H,1-4,6-7H2;2-5H2,1H3.